The molecule has 0 atom stereocenters. The Balaban J connectivity index is 1.71. The molecule has 0 spiro atoms. The SMILES string of the molecule is O=C(/C=C/c1ccco1)NCC(=O)N/N=C/c1cccc(Cl)c1. The third-order valence-electron chi connectivity index (χ3n) is 2.62. The maximum absolute atomic E-state index is 11.5. The highest BCUT2D eigenvalue weighted by atomic mass is 35.5. The van der Waals surface area contributed by atoms with E-state index >= 15 is 0 Å². The second kappa shape index (κ2) is 8.55. The fourth-order valence-electron chi connectivity index (χ4n) is 1.58. The summed E-state index contributed by atoms with van der Waals surface area (Å²) in [6.45, 7) is -0.186. The van der Waals surface area contributed by atoms with Gasteiger partial charge in [0.2, 0.25) is 5.91 Å². The summed E-state index contributed by atoms with van der Waals surface area (Å²) in [7, 11) is 0. The Kier molecular flexibility index (Phi) is 6.14. The summed E-state index contributed by atoms with van der Waals surface area (Å²) in [4.78, 5) is 23.0. The van der Waals surface area contributed by atoms with Crippen molar-refractivity contribution in [3.05, 3.63) is 65.1 Å². The molecule has 2 N–H and O–H groups in total. The van der Waals surface area contributed by atoms with Gasteiger partial charge in [0.25, 0.3) is 5.91 Å². The van der Waals surface area contributed by atoms with Gasteiger partial charge in [0, 0.05) is 11.1 Å². The van der Waals surface area contributed by atoms with Crippen molar-refractivity contribution < 1.29 is 14.0 Å². The molecule has 1 heterocycles. The Labute approximate surface area is 137 Å². The van der Waals surface area contributed by atoms with Crippen LogP contribution in [0.15, 0.2) is 58.3 Å². The molecular formula is C16H14ClN3O3. The predicted octanol–water partition coefficient (Wildman–Crippen LogP) is 2.21. The van der Waals surface area contributed by atoms with Gasteiger partial charge in [-0.05, 0) is 35.9 Å². The van der Waals surface area contributed by atoms with Gasteiger partial charge >= 0.3 is 0 Å². The number of nitrogens with one attached hydrogen (secondary N) is 2. The Hall–Kier alpha value is -2.86. The summed E-state index contributed by atoms with van der Waals surface area (Å²) in [5.41, 5.74) is 3.06. The van der Waals surface area contributed by atoms with Gasteiger partial charge in [0.1, 0.15) is 5.76 Å². The maximum atomic E-state index is 11.5. The van der Waals surface area contributed by atoms with Crippen molar-refractivity contribution in [1.29, 1.82) is 0 Å². The normalized spacial score (nSPS) is 11.0. The zero-order valence-corrected chi connectivity index (χ0v) is 12.8. The van der Waals surface area contributed by atoms with Gasteiger partial charge in [-0.1, -0.05) is 23.7 Å². The van der Waals surface area contributed by atoms with E-state index in [0.29, 0.717) is 10.8 Å². The first-order chi connectivity index (χ1) is 11.1. The zero-order valence-electron chi connectivity index (χ0n) is 12.0. The van der Waals surface area contributed by atoms with Gasteiger partial charge in [-0.25, -0.2) is 5.43 Å². The van der Waals surface area contributed by atoms with E-state index < -0.39 is 11.8 Å². The average molecular weight is 332 g/mol. The van der Waals surface area contributed by atoms with Crippen LogP contribution in [0, 0.1) is 0 Å². The molecule has 0 fully saturated rings. The number of furan rings is 1. The largest absolute Gasteiger partial charge is 0.465 e. The van der Waals surface area contributed by atoms with Crippen molar-refractivity contribution in [3.8, 4) is 0 Å². The zero-order chi connectivity index (χ0) is 16.5. The van der Waals surface area contributed by atoms with Gasteiger partial charge in [0.15, 0.2) is 0 Å². The second-order valence-corrected chi connectivity index (χ2v) is 4.85. The topological polar surface area (TPSA) is 83.7 Å². The van der Waals surface area contributed by atoms with Crippen molar-refractivity contribution >= 4 is 35.7 Å². The summed E-state index contributed by atoms with van der Waals surface area (Å²) < 4.78 is 5.04. The smallest absolute Gasteiger partial charge is 0.259 e. The van der Waals surface area contributed by atoms with E-state index in [-0.39, 0.29) is 6.54 Å². The van der Waals surface area contributed by atoms with E-state index in [1.807, 2.05) is 0 Å². The molecule has 2 rings (SSSR count). The van der Waals surface area contributed by atoms with Crippen LogP contribution in [0.5, 0.6) is 0 Å². The Bertz CT molecular complexity index is 724. The van der Waals surface area contributed by atoms with Gasteiger partial charge in [-0.2, -0.15) is 5.10 Å². The molecule has 0 saturated carbocycles. The summed E-state index contributed by atoms with van der Waals surface area (Å²) in [6.07, 6.45) is 5.75. The third-order valence-corrected chi connectivity index (χ3v) is 2.85. The summed E-state index contributed by atoms with van der Waals surface area (Å²) in [5.74, 6) is -0.297. The van der Waals surface area contributed by atoms with Crippen LogP contribution in [-0.2, 0) is 9.59 Å². The highest BCUT2D eigenvalue weighted by Crippen LogP contribution is 2.08. The summed E-state index contributed by atoms with van der Waals surface area (Å²) in [5, 5.41) is 6.79. The monoisotopic (exact) mass is 331 g/mol. The van der Waals surface area contributed by atoms with Crippen molar-refractivity contribution in [2.45, 2.75) is 0 Å². The van der Waals surface area contributed by atoms with Crippen molar-refractivity contribution in [3.63, 3.8) is 0 Å². The van der Waals surface area contributed by atoms with Gasteiger partial charge in [-0.15, -0.1) is 0 Å². The van der Waals surface area contributed by atoms with Crippen LogP contribution in [0.2, 0.25) is 5.02 Å². The molecule has 0 saturated heterocycles. The van der Waals surface area contributed by atoms with Gasteiger partial charge in [-0.3, -0.25) is 9.59 Å². The van der Waals surface area contributed by atoms with E-state index in [1.165, 1.54) is 24.6 Å². The van der Waals surface area contributed by atoms with Crippen LogP contribution < -0.4 is 10.7 Å². The molecule has 0 aliphatic carbocycles. The molecule has 1 aromatic carbocycles. The molecular weight excluding hydrogens is 318 g/mol. The predicted molar refractivity (Wildman–Crippen MR) is 87.9 cm³/mol. The van der Waals surface area contributed by atoms with Crippen molar-refractivity contribution in [2.75, 3.05) is 6.54 Å². The number of rotatable bonds is 6. The number of carbonyl (C=O) groups excluding carboxylic acids is 2. The molecule has 118 valence electrons. The Morgan fingerprint density at radius 3 is 2.87 bits per heavy atom. The van der Waals surface area contributed by atoms with E-state index in [1.54, 1.807) is 36.4 Å². The molecule has 0 aliphatic rings. The Morgan fingerprint density at radius 2 is 2.13 bits per heavy atom. The number of carbonyl (C=O) groups is 2. The lowest BCUT2D eigenvalue weighted by atomic mass is 10.2. The molecule has 0 radical (unpaired) electrons. The van der Waals surface area contributed by atoms with Crippen LogP contribution >= 0.6 is 11.6 Å². The van der Waals surface area contributed by atoms with Crippen LogP contribution in [0.25, 0.3) is 6.08 Å². The fourth-order valence-corrected chi connectivity index (χ4v) is 1.77. The third kappa shape index (κ3) is 6.19. The minimum Gasteiger partial charge on any atom is -0.465 e. The first kappa shape index (κ1) is 16.5. The van der Waals surface area contributed by atoms with Crippen LogP contribution in [0.4, 0.5) is 0 Å². The van der Waals surface area contributed by atoms with E-state index in [0.717, 1.165) is 5.56 Å². The van der Waals surface area contributed by atoms with E-state index in [4.69, 9.17) is 16.0 Å². The van der Waals surface area contributed by atoms with E-state index in [2.05, 4.69) is 15.8 Å². The summed E-state index contributed by atoms with van der Waals surface area (Å²) >= 11 is 5.83. The molecule has 23 heavy (non-hydrogen) atoms. The van der Waals surface area contributed by atoms with Crippen LogP contribution in [0.1, 0.15) is 11.3 Å². The molecule has 7 heteroatoms. The molecule has 2 amide bonds. The average Bonchev–Trinajstić information content (AvgIpc) is 3.04. The maximum Gasteiger partial charge on any atom is 0.259 e. The van der Waals surface area contributed by atoms with Crippen molar-refractivity contribution in [2.24, 2.45) is 5.10 Å². The quantitative estimate of drug-likeness (QED) is 0.483. The lowest BCUT2D eigenvalue weighted by Crippen LogP contribution is -2.34. The lowest BCUT2D eigenvalue weighted by molar-refractivity contribution is -0.123. The molecule has 0 bridgehead atoms. The van der Waals surface area contributed by atoms with Crippen molar-refractivity contribution in [1.82, 2.24) is 10.7 Å². The molecule has 6 nitrogen and oxygen atoms in total. The number of amides is 2. The highest BCUT2D eigenvalue weighted by Gasteiger charge is 2.01. The number of benzene rings is 1. The molecule has 1 aromatic heterocycles. The number of nitrogens with zero attached hydrogens (tertiary/aromatic N) is 1. The van der Waals surface area contributed by atoms with E-state index in [9.17, 15) is 9.59 Å². The van der Waals surface area contributed by atoms with Crippen LogP contribution in [0.3, 0.4) is 0 Å². The molecule has 0 unspecified atom stereocenters. The standard InChI is InChI=1S/C16H14ClN3O3/c17-13-4-1-3-12(9-13)10-19-20-16(22)11-18-15(21)7-6-14-5-2-8-23-14/h1-10H,11H2,(H,18,21)(H,20,22)/b7-6+,19-10+. The second-order valence-electron chi connectivity index (χ2n) is 4.41. The number of hydrazone groups is 1. The number of hydrogen-bond acceptors (Lipinski definition) is 4. The first-order valence-corrected chi connectivity index (χ1v) is 7.08. The minimum atomic E-state index is -0.442. The summed E-state index contributed by atoms with van der Waals surface area (Å²) in [6, 6.07) is 10.4. The molecule has 0 aliphatic heterocycles. The highest BCUT2D eigenvalue weighted by molar-refractivity contribution is 6.30. The van der Waals surface area contributed by atoms with Crippen LogP contribution in [-0.4, -0.2) is 24.6 Å². The van der Waals surface area contributed by atoms with Gasteiger partial charge < -0.3 is 9.73 Å². The molecule has 2 aromatic rings. The number of halogens is 1. The van der Waals surface area contributed by atoms with Gasteiger partial charge in [0.05, 0.1) is 19.0 Å². The Morgan fingerprint density at radius 1 is 1.26 bits per heavy atom. The lowest BCUT2D eigenvalue weighted by Gasteiger charge is -2.00. The fraction of sp³-hybridized carbons (Fsp3) is 0.0625. The minimum absolute atomic E-state index is 0.186. The number of hydrogen-bond donors (Lipinski definition) is 2. The first-order valence-electron chi connectivity index (χ1n) is 6.70.